The fraction of sp³-hybridized carbons (Fsp3) is 0.0769. The van der Waals surface area contributed by atoms with Crippen molar-refractivity contribution in [1.82, 2.24) is 9.97 Å². The van der Waals surface area contributed by atoms with E-state index in [1.54, 1.807) is 31.3 Å². The van der Waals surface area contributed by atoms with E-state index in [-0.39, 0.29) is 11.6 Å². The number of nitrogens with one attached hydrogen (secondary N) is 1. The zero-order valence-electron chi connectivity index (χ0n) is 10.7. The Hall–Kier alpha value is -2.98. The molecule has 0 spiro atoms. The molecular formula is C13H12N6O. The van der Waals surface area contributed by atoms with Crippen molar-refractivity contribution in [2.75, 3.05) is 17.4 Å². The monoisotopic (exact) mass is 268 g/mol. The molecule has 7 nitrogen and oxygen atoms in total. The summed E-state index contributed by atoms with van der Waals surface area (Å²) in [6.45, 7) is 0. The number of aromatic nitrogens is 2. The second-order valence-corrected chi connectivity index (χ2v) is 3.92. The highest BCUT2D eigenvalue weighted by molar-refractivity contribution is 6.04. The first-order valence-electron chi connectivity index (χ1n) is 5.73. The van der Waals surface area contributed by atoms with Gasteiger partial charge in [0.2, 0.25) is 0 Å². The summed E-state index contributed by atoms with van der Waals surface area (Å²) in [7, 11) is 1.58. The number of nitrogen functional groups attached to an aromatic ring is 1. The lowest BCUT2D eigenvalue weighted by atomic mass is 10.2. The van der Waals surface area contributed by atoms with Gasteiger partial charge in [-0.05, 0) is 12.1 Å². The van der Waals surface area contributed by atoms with Crippen molar-refractivity contribution in [2.24, 2.45) is 5.84 Å². The van der Waals surface area contributed by atoms with Crippen LogP contribution in [0.5, 0.6) is 0 Å². The van der Waals surface area contributed by atoms with Crippen molar-refractivity contribution >= 4 is 17.4 Å². The summed E-state index contributed by atoms with van der Waals surface area (Å²) in [4.78, 5) is 21.5. The SMILES string of the molecule is CN(C(=O)c1cnc(NN)cn1)c1ccccc1C#N. The number of benzene rings is 1. The molecule has 0 fully saturated rings. The second kappa shape index (κ2) is 5.77. The molecular weight excluding hydrogens is 256 g/mol. The summed E-state index contributed by atoms with van der Waals surface area (Å²) in [6, 6.07) is 8.88. The molecule has 1 aromatic carbocycles. The van der Waals surface area contributed by atoms with Gasteiger partial charge < -0.3 is 10.3 Å². The molecule has 1 aromatic heterocycles. The minimum atomic E-state index is -0.358. The lowest BCUT2D eigenvalue weighted by Crippen LogP contribution is -2.28. The van der Waals surface area contributed by atoms with Crippen molar-refractivity contribution in [3.05, 3.63) is 47.9 Å². The Kier molecular flexibility index (Phi) is 3.88. The first-order valence-corrected chi connectivity index (χ1v) is 5.73. The summed E-state index contributed by atoms with van der Waals surface area (Å²) in [6.07, 6.45) is 2.68. The second-order valence-electron chi connectivity index (χ2n) is 3.92. The number of rotatable bonds is 3. The highest BCUT2D eigenvalue weighted by atomic mass is 16.2. The summed E-state index contributed by atoms with van der Waals surface area (Å²) in [5.41, 5.74) is 3.43. The molecule has 7 heteroatoms. The average molecular weight is 268 g/mol. The molecule has 3 N–H and O–H groups in total. The number of amides is 1. The highest BCUT2D eigenvalue weighted by Crippen LogP contribution is 2.19. The van der Waals surface area contributed by atoms with Crippen LogP contribution in [0.25, 0.3) is 0 Å². The molecule has 0 saturated carbocycles. The van der Waals surface area contributed by atoms with Gasteiger partial charge >= 0.3 is 0 Å². The third-order valence-corrected chi connectivity index (χ3v) is 2.71. The first-order chi connectivity index (χ1) is 9.67. The normalized spacial score (nSPS) is 9.65. The minimum absolute atomic E-state index is 0.166. The lowest BCUT2D eigenvalue weighted by Gasteiger charge is -2.17. The molecule has 0 saturated heterocycles. The maximum absolute atomic E-state index is 12.3. The standard InChI is InChI=1S/C13H12N6O/c1-19(11-5-3-2-4-9(11)6-14)13(20)10-7-17-12(18-15)8-16-10/h2-5,7-8H,15H2,1H3,(H,17,18). The van der Waals surface area contributed by atoms with Gasteiger partial charge in [-0.25, -0.2) is 15.8 Å². The largest absolute Gasteiger partial charge is 0.309 e. The molecule has 2 rings (SSSR count). The van der Waals surface area contributed by atoms with Crippen LogP contribution in [-0.4, -0.2) is 22.9 Å². The van der Waals surface area contributed by atoms with Gasteiger partial charge in [-0.1, -0.05) is 12.1 Å². The molecule has 1 heterocycles. The number of nitrogens with two attached hydrogens (primary N) is 1. The summed E-state index contributed by atoms with van der Waals surface area (Å²) >= 11 is 0. The molecule has 0 bridgehead atoms. The van der Waals surface area contributed by atoms with Gasteiger partial charge in [0.25, 0.3) is 5.91 Å². The highest BCUT2D eigenvalue weighted by Gasteiger charge is 2.17. The summed E-state index contributed by atoms with van der Waals surface area (Å²) in [5.74, 6) is 5.19. The molecule has 1 amide bonds. The van der Waals surface area contributed by atoms with Gasteiger partial charge in [0.15, 0.2) is 5.82 Å². The number of nitriles is 1. The van der Waals surface area contributed by atoms with E-state index in [2.05, 4.69) is 15.4 Å². The number of para-hydroxylation sites is 1. The molecule has 0 aliphatic carbocycles. The van der Waals surface area contributed by atoms with E-state index in [1.165, 1.54) is 17.3 Å². The number of hydrogen-bond donors (Lipinski definition) is 2. The van der Waals surface area contributed by atoms with E-state index in [1.807, 2.05) is 6.07 Å². The Labute approximate surface area is 115 Å². The van der Waals surface area contributed by atoms with Crippen LogP contribution in [0.4, 0.5) is 11.5 Å². The number of carbonyl (C=O) groups excluding carboxylic acids is 1. The van der Waals surface area contributed by atoms with Gasteiger partial charge in [0, 0.05) is 7.05 Å². The van der Waals surface area contributed by atoms with Crippen LogP contribution in [-0.2, 0) is 0 Å². The predicted molar refractivity (Wildman–Crippen MR) is 73.7 cm³/mol. The van der Waals surface area contributed by atoms with Crippen molar-refractivity contribution in [3.8, 4) is 6.07 Å². The first kappa shape index (κ1) is 13.5. The van der Waals surface area contributed by atoms with E-state index >= 15 is 0 Å². The van der Waals surface area contributed by atoms with Crippen molar-refractivity contribution in [2.45, 2.75) is 0 Å². The van der Waals surface area contributed by atoms with Gasteiger partial charge in [0.1, 0.15) is 11.8 Å². The van der Waals surface area contributed by atoms with Crippen molar-refractivity contribution in [3.63, 3.8) is 0 Å². The van der Waals surface area contributed by atoms with Crippen LogP contribution in [0.15, 0.2) is 36.7 Å². The van der Waals surface area contributed by atoms with Gasteiger partial charge in [-0.15, -0.1) is 0 Å². The Bertz CT molecular complexity index is 661. The van der Waals surface area contributed by atoms with Crippen LogP contribution in [0, 0.1) is 11.3 Å². The van der Waals surface area contributed by atoms with Crippen LogP contribution in [0.2, 0.25) is 0 Å². The Morgan fingerprint density at radius 2 is 2.10 bits per heavy atom. The van der Waals surface area contributed by atoms with Crippen LogP contribution < -0.4 is 16.2 Å². The summed E-state index contributed by atoms with van der Waals surface area (Å²) in [5, 5.41) is 9.05. The van der Waals surface area contributed by atoms with Crippen molar-refractivity contribution in [1.29, 1.82) is 5.26 Å². The number of hydrogen-bond acceptors (Lipinski definition) is 6. The van der Waals surface area contributed by atoms with Crippen LogP contribution in [0.1, 0.15) is 16.1 Å². The van der Waals surface area contributed by atoms with Crippen LogP contribution in [0.3, 0.4) is 0 Å². The Balaban J connectivity index is 2.30. The molecule has 0 radical (unpaired) electrons. The van der Waals surface area contributed by atoms with E-state index in [0.717, 1.165) is 0 Å². The van der Waals surface area contributed by atoms with E-state index in [9.17, 15) is 4.79 Å². The third-order valence-electron chi connectivity index (χ3n) is 2.71. The predicted octanol–water partition coefficient (Wildman–Crippen LogP) is 0.910. The molecule has 0 aliphatic rings. The van der Waals surface area contributed by atoms with Crippen molar-refractivity contribution < 1.29 is 4.79 Å². The zero-order valence-corrected chi connectivity index (χ0v) is 10.7. The third kappa shape index (κ3) is 2.55. The maximum Gasteiger partial charge on any atom is 0.278 e. The maximum atomic E-state index is 12.3. The van der Waals surface area contributed by atoms with E-state index in [0.29, 0.717) is 17.1 Å². The van der Waals surface area contributed by atoms with E-state index in [4.69, 9.17) is 11.1 Å². The van der Waals surface area contributed by atoms with Gasteiger partial charge in [-0.2, -0.15) is 5.26 Å². The average Bonchev–Trinajstić information content (AvgIpc) is 2.53. The summed E-state index contributed by atoms with van der Waals surface area (Å²) < 4.78 is 0. The fourth-order valence-electron chi connectivity index (χ4n) is 1.65. The fourth-order valence-corrected chi connectivity index (χ4v) is 1.65. The number of nitrogens with zero attached hydrogens (tertiary/aromatic N) is 4. The number of carbonyl (C=O) groups is 1. The zero-order chi connectivity index (χ0) is 14.5. The van der Waals surface area contributed by atoms with Gasteiger partial charge in [0.05, 0.1) is 23.6 Å². The molecule has 0 atom stereocenters. The molecule has 0 aliphatic heterocycles. The Morgan fingerprint density at radius 1 is 1.35 bits per heavy atom. The molecule has 100 valence electrons. The topological polar surface area (TPSA) is 108 Å². The van der Waals surface area contributed by atoms with E-state index < -0.39 is 0 Å². The quantitative estimate of drug-likeness (QED) is 0.632. The molecule has 20 heavy (non-hydrogen) atoms. The Morgan fingerprint density at radius 3 is 2.70 bits per heavy atom. The molecule has 2 aromatic rings. The number of hydrazine groups is 1. The lowest BCUT2D eigenvalue weighted by molar-refractivity contribution is 0.0988. The van der Waals surface area contributed by atoms with Crippen LogP contribution >= 0.6 is 0 Å². The molecule has 0 unspecified atom stereocenters. The number of anilines is 2. The minimum Gasteiger partial charge on any atom is -0.309 e. The van der Waals surface area contributed by atoms with Gasteiger partial charge in [-0.3, -0.25) is 4.79 Å². The smallest absolute Gasteiger partial charge is 0.278 e.